The van der Waals surface area contributed by atoms with E-state index in [1.165, 1.54) is 0 Å². The standard InChI is InChI=1S/C9H16F3N3O2/c1-2-6(5-7(13)15-17)14-8(16)3-4-9(10,11)12/h6,17H,2-5H2,1H3,(H2,13,15)(H,14,16). The third-order valence-electron chi connectivity index (χ3n) is 2.08. The predicted octanol–water partition coefficient (Wildman–Crippen LogP) is 1.36. The molecule has 4 N–H and O–H groups in total. The third kappa shape index (κ3) is 8.35. The molecule has 5 nitrogen and oxygen atoms in total. The van der Waals surface area contributed by atoms with E-state index in [9.17, 15) is 18.0 Å². The average molecular weight is 255 g/mol. The van der Waals surface area contributed by atoms with E-state index in [4.69, 9.17) is 10.9 Å². The average Bonchev–Trinajstić information content (AvgIpc) is 2.24. The van der Waals surface area contributed by atoms with Crippen molar-refractivity contribution in [2.75, 3.05) is 0 Å². The van der Waals surface area contributed by atoms with Crippen LogP contribution in [0.1, 0.15) is 32.6 Å². The van der Waals surface area contributed by atoms with Crippen molar-refractivity contribution in [1.29, 1.82) is 0 Å². The highest BCUT2D eigenvalue weighted by atomic mass is 19.4. The number of oxime groups is 1. The molecule has 8 heteroatoms. The summed E-state index contributed by atoms with van der Waals surface area (Å²) in [6.07, 6.45) is -5.53. The third-order valence-corrected chi connectivity index (χ3v) is 2.08. The van der Waals surface area contributed by atoms with Gasteiger partial charge in [0.1, 0.15) is 5.84 Å². The molecule has 0 saturated heterocycles. The van der Waals surface area contributed by atoms with Crippen molar-refractivity contribution in [3.05, 3.63) is 0 Å². The van der Waals surface area contributed by atoms with Crippen LogP contribution in [0.15, 0.2) is 5.16 Å². The lowest BCUT2D eigenvalue weighted by molar-refractivity contribution is -0.144. The molecule has 0 aromatic carbocycles. The van der Waals surface area contributed by atoms with Gasteiger partial charge in [0.25, 0.3) is 0 Å². The van der Waals surface area contributed by atoms with Gasteiger partial charge in [-0.2, -0.15) is 13.2 Å². The second-order valence-corrected chi connectivity index (χ2v) is 3.58. The van der Waals surface area contributed by atoms with Crippen LogP contribution in [-0.2, 0) is 4.79 Å². The van der Waals surface area contributed by atoms with Crippen LogP contribution in [0.4, 0.5) is 13.2 Å². The van der Waals surface area contributed by atoms with Crippen LogP contribution in [0.3, 0.4) is 0 Å². The normalized spacial score (nSPS) is 14.5. The maximum Gasteiger partial charge on any atom is 0.389 e. The highest BCUT2D eigenvalue weighted by Crippen LogP contribution is 2.21. The Hall–Kier alpha value is -1.47. The number of nitrogens with two attached hydrogens (primary N) is 1. The van der Waals surface area contributed by atoms with Gasteiger partial charge in [0.2, 0.25) is 5.91 Å². The van der Waals surface area contributed by atoms with Crippen LogP contribution in [0, 0.1) is 0 Å². The topological polar surface area (TPSA) is 87.7 Å². The summed E-state index contributed by atoms with van der Waals surface area (Å²) in [5, 5.41) is 13.5. The molecule has 1 amide bonds. The summed E-state index contributed by atoms with van der Waals surface area (Å²) in [6.45, 7) is 1.74. The van der Waals surface area contributed by atoms with Crippen LogP contribution >= 0.6 is 0 Å². The Labute approximate surface area is 96.9 Å². The number of halogens is 3. The molecular formula is C9H16F3N3O2. The summed E-state index contributed by atoms with van der Waals surface area (Å²) in [6, 6.07) is -0.424. The Balaban J connectivity index is 4.07. The Bertz CT molecular complexity index is 279. The molecule has 0 saturated carbocycles. The fraction of sp³-hybridized carbons (Fsp3) is 0.778. The van der Waals surface area contributed by atoms with E-state index in [2.05, 4.69) is 10.5 Å². The number of rotatable bonds is 6. The maximum absolute atomic E-state index is 11.8. The molecule has 1 unspecified atom stereocenters. The SMILES string of the molecule is CCC(CC(N)=NO)NC(=O)CCC(F)(F)F. The number of amides is 1. The molecule has 0 radical (unpaired) electrons. The van der Waals surface area contributed by atoms with Gasteiger partial charge in [-0.1, -0.05) is 12.1 Å². The highest BCUT2D eigenvalue weighted by molar-refractivity contribution is 5.82. The van der Waals surface area contributed by atoms with Gasteiger partial charge in [-0.25, -0.2) is 0 Å². The first kappa shape index (κ1) is 15.5. The lowest BCUT2D eigenvalue weighted by Gasteiger charge is -2.16. The minimum absolute atomic E-state index is 0.0760. The maximum atomic E-state index is 11.8. The minimum Gasteiger partial charge on any atom is -0.409 e. The largest absolute Gasteiger partial charge is 0.409 e. The summed E-state index contributed by atoms with van der Waals surface area (Å²) >= 11 is 0. The van der Waals surface area contributed by atoms with Crippen LogP contribution in [0.25, 0.3) is 0 Å². The Kier molecular flexibility index (Phi) is 6.37. The van der Waals surface area contributed by atoms with Gasteiger partial charge in [0.05, 0.1) is 6.42 Å². The van der Waals surface area contributed by atoms with Crippen LogP contribution in [0.5, 0.6) is 0 Å². The zero-order valence-corrected chi connectivity index (χ0v) is 9.42. The van der Waals surface area contributed by atoms with Crippen LogP contribution in [0.2, 0.25) is 0 Å². The molecule has 0 aliphatic heterocycles. The van der Waals surface area contributed by atoms with Gasteiger partial charge >= 0.3 is 6.18 Å². The highest BCUT2D eigenvalue weighted by Gasteiger charge is 2.28. The lowest BCUT2D eigenvalue weighted by Crippen LogP contribution is -2.37. The summed E-state index contributed by atoms with van der Waals surface area (Å²) in [5.41, 5.74) is 5.24. The molecule has 0 fully saturated rings. The molecule has 0 aromatic heterocycles. The van der Waals surface area contributed by atoms with Gasteiger partial charge in [0.15, 0.2) is 0 Å². The number of alkyl halides is 3. The van der Waals surface area contributed by atoms with Crippen molar-refractivity contribution in [1.82, 2.24) is 5.32 Å². The Morgan fingerprint density at radius 1 is 1.53 bits per heavy atom. The van der Waals surface area contributed by atoms with Gasteiger partial charge in [-0.3, -0.25) is 4.79 Å². The van der Waals surface area contributed by atoms with E-state index < -0.39 is 31.0 Å². The molecule has 100 valence electrons. The van der Waals surface area contributed by atoms with Crippen molar-refractivity contribution in [2.45, 2.75) is 44.8 Å². The first-order valence-corrected chi connectivity index (χ1v) is 5.11. The summed E-state index contributed by atoms with van der Waals surface area (Å²) in [7, 11) is 0. The van der Waals surface area contributed by atoms with E-state index in [0.717, 1.165) is 0 Å². The summed E-state index contributed by atoms with van der Waals surface area (Å²) < 4.78 is 35.5. The Morgan fingerprint density at radius 3 is 2.53 bits per heavy atom. The van der Waals surface area contributed by atoms with Gasteiger partial charge in [-0.05, 0) is 6.42 Å². The molecule has 0 aliphatic carbocycles. The number of carbonyl (C=O) groups is 1. The molecule has 0 heterocycles. The van der Waals surface area contributed by atoms with E-state index in [1.807, 2.05) is 0 Å². The van der Waals surface area contributed by atoms with Gasteiger partial charge in [-0.15, -0.1) is 0 Å². The molecule has 0 rings (SSSR count). The molecule has 0 bridgehead atoms. The fourth-order valence-corrected chi connectivity index (χ4v) is 1.15. The first-order chi connectivity index (χ1) is 7.78. The van der Waals surface area contributed by atoms with Crippen molar-refractivity contribution < 1.29 is 23.2 Å². The second kappa shape index (κ2) is 6.97. The number of nitrogens with one attached hydrogen (secondary N) is 1. The van der Waals surface area contributed by atoms with Gasteiger partial charge < -0.3 is 16.3 Å². The zero-order chi connectivity index (χ0) is 13.5. The van der Waals surface area contributed by atoms with Crippen LogP contribution < -0.4 is 11.1 Å². The van der Waals surface area contributed by atoms with E-state index in [1.54, 1.807) is 6.92 Å². The van der Waals surface area contributed by atoms with Crippen molar-refractivity contribution in [3.63, 3.8) is 0 Å². The Morgan fingerprint density at radius 2 is 2.12 bits per heavy atom. The predicted molar refractivity (Wildman–Crippen MR) is 55.5 cm³/mol. The molecule has 0 spiro atoms. The van der Waals surface area contributed by atoms with E-state index in [0.29, 0.717) is 6.42 Å². The summed E-state index contributed by atoms with van der Waals surface area (Å²) in [4.78, 5) is 11.2. The minimum atomic E-state index is -4.34. The van der Waals surface area contributed by atoms with Crippen molar-refractivity contribution >= 4 is 11.7 Å². The zero-order valence-electron chi connectivity index (χ0n) is 9.42. The number of carbonyl (C=O) groups excluding carboxylic acids is 1. The number of hydrogen-bond donors (Lipinski definition) is 3. The number of amidine groups is 1. The monoisotopic (exact) mass is 255 g/mol. The quantitative estimate of drug-likeness (QED) is 0.290. The molecule has 0 aromatic rings. The first-order valence-electron chi connectivity index (χ1n) is 5.11. The van der Waals surface area contributed by atoms with E-state index >= 15 is 0 Å². The smallest absolute Gasteiger partial charge is 0.389 e. The summed E-state index contributed by atoms with van der Waals surface area (Å²) in [5.74, 6) is -0.770. The van der Waals surface area contributed by atoms with E-state index in [-0.39, 0.29) is 12.3 Å². The second-order valence-electron chi connectivity index (χ2n) is 3.58. The van der Waals surface area contributed by atoms with Crippen LogP contribution in [-0.4, -0.2) is 29.2 Å². The molecule has 17 heavy (non-hydrogen) atoms. The number of hydrogen-bond acceptors (Lipinski definition) is 3. The van der Waals surface area contributed by atoms with Gasteiger partial charge in [0, 0.05) is 18.9 Å². The fourth-order valence-electron chi connectivity index (χ4n) is 1.15. The number of nitrogens with zero attached hydrogens (tertiary/aromatic N) is 1. The van der Waals surface area contributed by atoms with Crippen molar-refractivity contribution in [2.24, 2.45) is 10.9 Å². The van der Waals surface area contributed by atoms with Crippen molar-refractivity contribution in [3.8, 4) is 0 Å². The molecular weight excluding hydrogens is 239 g/mol. The molecule has 0 aliphatic rings. The lowest BCUT2D eigenvalue weighted by atomic mass is 10.1. The molecule has 1 atom stereocenters.